The largest absolute Gasteiger partial charge is 0.444 e. The molecule has 2 N–H and O–H groups in total. The second kappa shape index (κ2) is 6.71. The van der Waals surface area contributed by atoms with Gasteiger partial charge in [-0.3, -0.25) is 4.79 Å². The molecule has 2 aromatic rings. The number of fused-ring (bicyclic) bond motifs is 1. The summed E-state index contributed by atoms with van der Waals surface area (Å²) in [5.74, 6) is -0.0816. The van der Waals surface area contributed by atoms with Crippen LogP contribution in [0.4, 0.5) is 0 Å². The molecule has 136 valence electrons. The van der Waals surface area contributed by atoms with Crippen LogP contribution in [0, 0.1) is 11.3 Å². The number of ketones is 1. The summed E-state index contributed by atoms with van der Waals surface area (Å²) in [5, 5.41) is 10.9. The third-order valence-electron chi connectivity index (χ3n) is 5.18. The molecular formula is C21H18ClN3O2. The van der Waals surface area contributed by atoms with Gasteiger partial charge < -0.3 is 10.5 Å². The zero-order chi connectivity index (χ0) is 19.1. The van der Waals surface area contributed by atoms with Crippen LogP contribution in [0.25, 0.3) is 10.9 Å². The molecule has 0 fully saturated rings. The summed E-state index contributed by atoms with van der Waals surface area (Å²) < 4.78 is 5.61. The van der Waals surface area contributed by atoms with Crippen LogP contribution in [0.15, 0.2) is 47.1 Å². The number of nitriles is 1. The highest BCUT2D eigenvalue weighted by atomic mass is 35.5. The monoisotopic (exact) mass is 379 g/mol. The fraction of sp³-hybridized carbons (Fsp3) is 0.286. The minimum atomic E-state index is -0.638. The number of ether oxygens (including phenoxy) is 1. The topological polar surface area (TPSA) is 89.0 Å². The normalized spacial score (nSPS) is 19.7. The third kappa shape index (κ3) is 2.87. The van der Waals surface area contributed by atoms with E-state index in [0.717, 1.165) is 17.3 Å². The van der Waals surface area contributed by atoms with Crippen LogP contribution in [-0.4, -0.2) is 10.8 Å². The molecule has 5 nitrogen and oxygen atoms in total. The Labute approximate surface area is 162 Å². The van der Waals surface area contributed by atoms with Gasteiger partial charge in [-0.15, -0.1) is 0 Å². The maximum Gasteiger partial charge on any atom is 0.205 e. The first-order chi connectivity index (χ1) is 13.0. The summed E-state index contributed by atoms with van der Waals surface area (Å²) in [6.07, 6.45) is 2.66. The molecule has 0 spiro atoms. The number of nitrogens with two attached hydrogens (primary N) is 1. The maximum absolute atomic E-state index is 12.7. The highest BCUT2D eigenvalue weighted by Crippen LogP contribution is 2.45. The molecule has 1 aliphatic heterocycles. The lowest BCUT2D eigenvalue weighted by atomic mass is 9.78. The number of hydrogen-bond donors (Lipinski definition) is 1. The van der Waals surface area contributed by atoms with Crippen LogP contribution in [0.2, 0.25) is 5.15 Å². The summed E-state index contributed by atoms with van der Waals surface area (Å²) in [4.78, 5) is 17.2. The number of benzene rings is 1. The van der Waals surface area contributed by atoms with E-state index in [4.69, 9.17) is 22.1 Å². The first-order valence-corrected chi connectivity index (χ1v) is 9.34. The smallest absolute Gasteiger partial charge is 0.205 e. The van der Waals surface area contributed by atoms with Crippen molar-refractivity contribution in [1.82, 2.24) is 4.98 Å². The van der Waals surface area contributed by atoms with Crippen molar-refractivity contribution >= 4 is 28.3 Å². The fourth-order valence-electron chi connectivity index (χ4n) is 3.81. The Morgan fingerprint density at radius 2 is 2.19 bits per heavy atom. The third-order valence-corrected chi connectivity index (χ3v) is 5.49. The van der Waals surface area contributed by atoms with E-state index < -0.39 is 5.92 Å². The lowest BCUT2D eigenvalue weighted by molar-refractivity contribution is -0.116. The van der Waals surface area contributed by atoms with Gasteiger partial charge in [-0.05, 0) is 36.6 Å². The summed E-state index contributed by atoms with van der Waals surface area (Å²) in [7, 11) is 0. The number of rotatable bonds is 2. The Balaban J connectivity index is 1.97. The number of halogens is 1. The van der Waals surface area contributed by atoms with Crippen molar-refractivity contribution in [2.45, 2.75) is 38.5 Å². The Kier molecular flexibility index (Phi) is 4.37. The standard InChI is InChI=1S/C21H18ClN3O2/c1-2-11-6-7-15-12(8-11)9-13(20(22)25-15)18-14(10-23)21(24)27-17-5-3-4-16(26)19(17)18/h6-9,18H,2-5,24H2,1H3/t18-/m0/s1. The molecule has 1 aromatic carbocycles. The molecule has 0 saturated heterocycles. The van der Waals surface area contributed by atoms with E-state index in [9.17, 15) is 10.1 Å². The Morgan fingerprint density at radius 1 is 1.37 bits per heavy atom. The van der Waals surface area contributed by atoms with Crippen molar-refractivity contribution in [3.8, 4) is 6.07 Å². The van der Waals surface area contributed by atoms with Gasteiger partial charge in [0.2, 0.25) is 5.88 Å². The zero-order valence-electron chi connectivity index (χ0n) is 14.9. The number of carbonyl (C=O) groups excluding carboxylic acids is 1. The summed E-state index contributed by atoms with van der Waals surface area (Å²) in [6, 6.07) is 10.0. The van der Waals surface area contributed by atoms with E-state index in [1.165, 1.54) is 5.56 Å². The first kappa shape index (κ1) is 17.6. The number of carbonyl (C=O) groups is 1. The van der Waals surface area contributed by atoms with Crippen molar-refractivity contribution in [2.24, 2.45) is 5.73 Å². The summed E-state index contributed by atoms with van der Waals surface area (Å²) >= 11 is 6.50. The van der Waals surface area contributed by atoms with Crippen molar-refractivity contribution in [3.05, 3.63) is 63.3 Å². The van der Waals surface area contributed by atoms with Crippen LogP contribution in [0.3, 0.4) is 0 Å². The molecule has 0 bridgehead atoms. The summed E-state index contributed by atoms with van der Waals surface area (Å²) in [5.41, 5.74) is 9.26. The van der Waals surface area contributed by atoms with E-state index in [-0.39, 0.29) is 22.4 Å². The van der Waals surface area contributed by atoms with E-state index in [1.807, 2.05) is 18.2 Å². The molecule has 27 heavy (non-hydrogen) atoms. The van der Waals surface area contributed by atoms with Crippen LogP contribution < -0.4 is 5.73 Å². The van der Waals surface area contributed by atoms with Crippen LogP contribution in [-0.2, 0) is 16.0 Å². The highest BCUT2D eigenvalue weighted by molar-refractivity contribution is 6.30. The molecular weight excluding hydrogens is 362 g/mol. The van der Waals surface area contributed by atoms with Gasteiger partial charge in [0.15, 0.2) is 5.78 Å². The van der Waals surface area contributed by atoms with Crippen molar-refractivity contribution < 1.29 is 9.53 Å². The molecule has 1 aromatic heterocycles. The van der Waals surface area contributed by atoms with Gasteiger partial charge >= 0.3 is 0 Å². The van der Waals surface area contributed by atoms with Crippen LogP contribution >= 0.6 is 11.6 Å². The molecule has 0 amide bonds. The van der Waals surface area contributed by atoms with Crippen LogP contribution in [0.1, 0.15) is 43.2 Å². The molecule has 0 unspecified atom stereocenters. The minimum Gasteiger partial charge on any atom is -0.444 e. The minimum absolute atomic E-state index is 0.0278. The molecule has 6 heteroatoms. The maximum atomic E-state index is 12.7. The van der Waals surface area contributed by atoms with Gasteiger partial charge in [0.1, 0.15) is 22.6 Å². The van der Waals surface area contributed by atoms with Crippen molar-refractivity contribution in [3.63, 3.8) is 0 Å². The average Bonchev–Trinajstić information content (AvgIpc) is 2.66. The average molecular weight is 380 g/mol. The Bertz CT molecular complexity index is 1080. The lowest BCUT2D eigenvalue weighted by Crippen LogP contribution is -2.27. The first-order valence-electron chi connectivity index (χ1n) is 8.96. The van der Waals surface area contributed by atoms with Gasteiger partial charge in [-0.25, -0.2) is 4.98 Å². The fourth-order valence-corrected chi connectivity index (χ4v) is 4.06. The van der Waals surface area contributed by atoms with Gasteiger partial charge in [0, 0.05) is 29.4 Å². The second-order valence-electron chi connectivity index (χ2n) is 6.79. The number of pyridine rings is 1. The quantitative estimate of drug-likeness (QED) is 0.787. The number of nitrogens with zero attached hydrogens (tertiary/aromatic N) is 2. The molecule has 2 aliphatic rings. The lowest BCUT2D eigenvalue weighted by Gasteiger charge is -2.31. The molecule has 4 rings (SSSR count). The number of Topliss-reactive ketones (excluding diaryl/α,β-unsaturated/α-hetero) is 1. The summed E-state index contributed by atoms with van der Waals surface area (Å²) in [6.45, 7) is 2.08. The van der Waals surface area contributed by atoms with E-state index >= 15 is 0 Å². The number of aryl methyl sites for hydroxylation is 1. The Hall–Kier alpha value is -2.84. The van der Waals surface area contributed by atoms with E-state index in [1.54, 1.807) is 0 Å². The molecule has 1 aliphatic carbocycles. The molecule has 2 heterocycles. The van der Waals surface area contributed by atoms with Gasteiger partial charge in [0.25, 0.3) is 0 Å². The molecule has 0 radical (unpaired) electrons. The van der Waals surface area contributed by atoms with Gasteiger partial charge in [0.05, 0.1) is 11.4 Å². The zero-order valence-corrected chi connectivity index (χ0v) is 15.6. The number of hydrogen-bond acceptors (Lipinski definition) is 5. The van der Waals surface area contributed by atoms with Gasteiger partial charge in [-0.2, -0.15) is 5.26 Å². The molecule has 1 atom stereocenters. The number of allylic oxidation sites excluding steroid dienone is 3. The highest BCUT2D eigenvalue weighted by Gasteiger charge is 2.39. The predicted molar refractivity (Wildman–Crippen MR) is 103 cm³/mol. The van der Waals surface area contributed by atoms with E-state index in [2.05, 4.69) is 24.0 Å². The number of aromatic nitrogens is 1. The predicted octanol–water partition coefficient (Wildman–Crippen LogP) is 4.27. The van der Waals surface area contributed by atoms with Crippen LogP contribution in [0.5, 0.6) is 0 Å². The van der Waals surface area contributed by atoms with Crippen molar-refractivity contribution in [1.29, 1.82) is 5.26 Å². The molecule has 0 saturated carbocycles. The van der Waals surface area contributed by atoms with Gasteiger partial charge in [-0.1, -0.05) is 24.6 Å². The van der Waals surface area contributed by atoms with Crippen molar-refractivity contribution in [2.75, 3.05) is 0 Å². The second-order valence-corrected chi connectivity index (χ2v) is 7.15. The SMILES string of the molecule is CCc1ccc2nc(Cl)c([C@H]3C(C#N)=C(N)OC4=C3C(=O)CCC4)cc2c1. The van der Waals surface area contributed by atoms with E-state index in [0.29, 0.717) is 36.2 Å². The Morgan fingerprint density at radius 3 is 2.93 bits per heavy atom.